The van der Waals surface area contributed by atoms with Gasteiger partial charge in [0.15, 0.2) is 6.29 Å². The molecule has 0 aromatic carbocycles. The average Bonchev–Trinajstić information content (AvgIpc) is 3.18. The first-order chi connectivity index (χ1) is 13.8. The highest BCUT2D eigenvalue weighted by Crippen LogP contribution is 2.52. The van der Waals surface area contributed by atoms with Crippen molar-refractivity contribution in [2.45, 2.75) is 72.9 Å². The highest BCUT2D eigenvalue weighted by atomic mass is 127. The van der Waals surface area contributed by atoms with Gasteiger partial charge in [0.05, 0.1) is 13.2 Å². The molecule has 1 saturated carbocycles. The van der Waals surface area contributed by atoms with Crippen LogP contribution < -0.4 is 0 Å². The topological polar surface area (TPSA) is 65.1 Å². The number of ether oxygens (including phenoxy) is 3. The molecule has 2 aliphatic rings. The molecule has 0 N–H and O–H groups in total. The smallest absolute Gasteiger partial charge is 0.351 e. The first-order valence-electron chi connectivity index (χ1n) is 9.01. The monoisotopic (exact) mass is 605 g/mol. The maximum absolute atomic E-state index is 14.4. The van der Waals surface area contributed by atoms with Gasteiger partial charge in [-0.25, -0.2) is 13.2 Å². The van der Waals surface area contributed by atoms with E-state index in [1.54, 1.807) is 13.8 Å². The van der Waals surface area contributed by atoms with Crippen LogP contribution in [0.5, 0.6) is 0 Å². The molecule has 1 atom stereocenters. The Hall–Kier alpha value is -0.0400. The van der Waals surface area contributed by atoms with E-state index in [9.17, 15) is 43.5 Å². The Morgan fingerprint density at radius 1 is 1.06 bits per heavy atom. The van der Waals surface area contributed by atoms with Crippen molar-refractivity contribution in [2.75, 3.05) is 13.2 Å². The molecule has 0 amide bonds. The lowest BCUT2D eigenvalue weighted by Crippen LogP contribution is -2.60. The largest absolute Gasteiger partial charge is 0.449 e. The molecule has 16 heteroatoms. The third-order valence-corrected chi connectivity index (χ3v) is 7.24. The number of sulfonamides is 1. The summed E-state index contributed by atoms with van der Waals surface area (Å²) in [6.45, 7) is 2.56. The molecule has 184 valence electrons. The second kappa shape index (κ2) is 8.63. The summed E-state index contributed by atoms with van der Waals surface area (Å²) in [7, 11) is -6.44. The number of halogens is 9. The molecule has 6 nitrogen and oxygen atoms in total. The van der Waals surface area contributed by atoms with E-state index in [1.165, 1.54) is 0 Å². The van der Waals surface area contributed by atoms with E-state index in [4.69, 9.17) is 9.47 Å². The van der Waals surface area contributed by atoms with Crippen LogP contribution in [-0.2, 0) is 24.2 Å². The molecule has 2 rings (SSSR count). The third-order valence-electron chi connectivity index (χ3n) is 4.66. The van der Waals surface area contributed by atoms with Crippen molar-refractivity contribution in [3.8, 4) is 0 Å². The minimum Gasteiger partial charge on any atom is -0.351 e. The van der Waals surface area contributed by atoms with Crippen LogP contribution in [0.3, 0.4) is 0 Å². The van der Waals surface area contributed by atoms with Gasteiger partial charge in [0, 0.05) is 22.6 Å². The Labute approximate surface area is 186 Å². The van der Waals surface area contributed by atoms with Crippen LogP contribution >= 0.6 is 22.6 Å². The molecule has 1 unspecified atom stereocenters. The van der Waals surface area contributed by atoms with Gasteiger partial charge < -0.3 is 9.47 Å². The molecule has 0 aromatic rings. The molecule has 1 aliphatic carbocycles. The molecule has 0 radical (unpaired) electrons. The molecule has 1 spiro atoms. The molecule has 0 bridgehead atoms. The van der Waals surface area contributed by atoms with Crippen LogP contribution in [0.1, 0.15) is 39.5 Å². The Bertz CT molecular complexity index is 755. The number of hydrogen-bond donors (Lipinski definition) is 0. The Morgan fingerprint density at radius 2 is 1.58 bits per heavy atom. The second-order valence-corrected chi connectivity index (χ2v) is 10.9. The van der Waals surface area contributed by atoms with Crippen molar-refractivity contribution in [3.63, 3.8) is 0 Å². The van der Waals surface area contributed by atoms with Gasteiger partial charge in [0.1, 0.15) is 5.72 Å². The van der Waals surface area contributed by atoms with Crippen molar-refractivity contribution < 1.29 is 57.8 Å². The van der Waals surface area contributed by atoms with Gasteiger partial charge in [-0.15, -0.1) is 0 Å². The number of hydrogen-bond acceptors (Lipinski definition) is 5. The predicted octanol–water partition coefficient (Wildman–Crippen LogP) is 4.74. The zero-order valence-electron chi connectivity index (χ0n) is 16.2. The first kappa shape index (κ1) is 27.2. The second-order valence-electron chi connectivity index (χ2n) is 7.61. The standard InChI is InChI=1S/C15H20F8INO5S/c1-9(2)8-28-10-7-25(11(29-10)5-3-4-6-11)31(26,27)15(22,23)14(20,21)30-13(18,19)12(16,17)24/h9-10H,3-8H2,1-2H3. The summed E-state index contributed by atoms with van der Waals surface area (Å²) in [4.78, 5) is 0. The maximum Gasteiger partial charge on any atom is 0.449 e. The van der Waals surface area contributed by atoms with Gasteiger partial charge in [-0.1, -0.05) is 13.8 Å². The van der Waals surface area contributed by atoms with Crippen molar-refractivity contribution in [1.29, 1.82) is 0 Å². The van der Waals surface area contributed by atoms with E-state index in [0.717, 1.165) is 0 Å². The van der Waals surface area contributed by atoms with E-state index >= 15 is 0 Å². The van der Waals surface area contributed by atoms with Gasteiger partial charge in [-0.05, 0) is 31.6 Å². The molecule has 1 saturated heterocycles. The minimum atomic E-state index is -6.50. The highest BCUT2D eigenvalue weighted by molar-refractivity contribution is 14.1. The van der Waals surface area contributed by atoms with Gasteiger partial charge in [0.2, 0.25) is 0 Å². The van der Waals surface area contributed by atoms with E-state index in [-0.39, 0.29) is 52.3 Å². The maximum atomic E-state index is 14.4. The van der Waals surface area contributed by atoms with Crippen LogP contribution in [-0.4, -0.2) is 59.3 Å². The molecule has 2 fully saturated rings. The highest BCUT2D eigenvalue weighted by Gasteiger charge is 2.76. The normalized spacial score (nSPS) is 23.9. The summed E-state index contributed by atoms with van der Waals surface area (Å²) in [6, 6.07) is 0. The van der Waals surface area contributed by atoms with E-state index in [2.05, 4.69) is 4.74 Å². The van der Waals surface area contributed by atoms with Crippen molar-refractivity contribution in [2.24, 2.45) is 5.92 Å². The zero-order chi connectivity index (χ0) is 24.1. The SMILES string of the molecule is CC(C)COC1CN(S(=O)(=O)C(F)(F)C(F)(F)OC(F)(F)C(F)(F)I)C2(CCCC2)O1. The summed E-state index contributed by atoms with van der Waals surface area (Å²) >= 11 is -0.294. The van der Waals surface area contributed by atoms with E-state index < -0.39 is 50.0 Å². The van der Waals surface area contributed by atoms with Crippen LogP contribution in [0.2, 0.25) is 0 Å². The molecular weight excluding hydrogens is 585 g/mol. The number of alkyl halides is 9. The van der Waals surface area contributed by atoms with Crippen molar-refractivity contribution in [1.82, 2.24) is 4.31 Å². The Balaban J connectivity index is 2.38. The molecule has 1 aliphatic heterocycles. The molecule has 1 heterocycles. The summed E-state index contributed by atoms with van der Waals surface area (Å²) in [5.41, 5.74) is -1.95. The van der Waals surface area contributed by atoms with Crippen molar-refractivity contribution in [3.05, 3.63) is 0 Å². The van der Waals surface area contributed by atoms with Gasteiger partial charge >= 0.3 is 21.4 Å². The fraction of sp³-hybridized carbons (Fsp3) is 1.00. The first-order valence-corrected chi connectivity index (χ1v) is 11.5. The Kier molecular flexibility index (Phi) is 7.57. The van der Waals surface area contributed by atoms with Crippen molar-refractivity contribution >= 4 is 32.6 Å². The quantitative estimate of drug-likeness (QED) is 0.216. The molecule has 31 heavy (non-hydrogen) atoms. The summed E-state index contributed by atoms with van der Waals surface area (Å²) in [5, 5.41) is -6.32. The van der Waals surface area contributed by atoms with Crippen LogP contribution in [0.15, 0.2) is 0 Å². The van der Waals surface area contributed by atoms with Crippen LogP contribution in [0.4, 0.5) is 35.1 Å². The van der Waals surface area contributed by atoms with Gasteiger partial charge in [-0.3, -0.25) is 0 Å². The van der Waals surface area contributed by atoms with E-state index in [0.29, 0.717) is 12.8 Å². The summed E-state index contributed by atoms with van der Waals surface area (Å²) in [6.07, 6.45) is -13.6. The average molecular weight is 605 g/mol. The fourth-order valence-corrected chi connectivity index (χ4v) is 4.92. The zero-order valence-corrected chi connectivity index (χ0v) is 19.2. The van der Waals surface area contributed by atoms with Gasteiger partial charge in [0.25, 0.3) is 10.0 Å². The van der Waals surface area contributed by atoms with Crippen LogP contribution in [0, 0.1) is 5.92 Å². The lowest BCUT2D eigenvalue weighted by molar-refractivity contribution is -0.438. The third kappa shape index (κ3) is 5.07. The Morgan fingerprint density at radius 3 is 2.03 bits per heavy atom. The van der Waals surface area contributed by atoms with Crippen LogP contribution in [0.25, 0.3) is 0 Å². The van der Waals surface area contributed by atoms with E-state index in [1.807, 2.05) is 0 Å². The minimum absolute atomic E-state index is 0.0290. The lowest BCUT2D eigenvalue weighted by atomic mass is 10.2. The number of rotatable bonds is 9. The predicted molar refractivity (Wildman–Crippen MR) is 97.4 cm³/mol. The summed E-state index contributed by atoms with van der Waals surface area (Å²) < 4.78 is 142. The molecular formula is C15H20F8INO5S. The van der Waals surface area contributed by atoms with Gasteiger partial charge in [-0.2, -0.15) is 39.4 Å². The molecule has 0 aromatic heterocycles. The fourth-order valence-electron chi connectivity index (χ4n) is 3.21. The lowest BCUT2D eigenvalue weighted by Gasteiger charge is -2.37. The summed E-state index contributed by atoms with van der Waals surface area (Å²) in [5.74, 6) is -0.0647. The number of nitrogens with zero attached hydrogens (tertiary/aromatic N) is 1.